The number of halogens is 1. The Morgan fingerprint density at radius 1 is 1.20 bits per heavy atom. The predicted octanol–water partition coefficient (Wildman–Crippen LogP) is 5.32. The molecule has 2 nitrogen and oxygen atoms in total. The van der Waals surface area contributed by atoms with Gasteiger partial charge in [-0.05, 0) is 95.7 Å². The molecule has 2 aliphatic rings. The van der Waals surface area contributed by atoms with Crippen molar-refractivity contribution in [1.82, 2.24) is 0 Å². The van der Waals surface area contributed by atoms with Crippen LogP contribution in [0.5, 0.6) is 0 Å². The van der Waals surface area contributed by atoms with E-state index < -0.39 is 0 Å². The van der Waals surface area contributed by atoms with Crippen molar-refractivity contribution >= 4 is 22.6 Å². The number of hydrogen-bond acceptors (Lipinski definition) is 2. The molecule has 0 aliphatic heterocycles. The third-order valence-corrected chi connectivity index (χ3v) is 7.45. The van der Waals surface area contributed by atoms with Crippen LogP contribution in [0, 0.1) is 9.49 Å². The summed E-state index contributed by atoms with van der Waals surface area (Å²) in [5.41, 5.74) is 10.6. The number of aliphatic hydroxyl groups is 1. The zero-order valence-electron chi connectivity index (χ0n) is 15.7. The zero-order chi connectivity index (χ0) is 17.9. The Kier molecular flexibility index (Phi) is 6.83. The average Bonchev–Trinajstić information content (AvgIpc) is 3.01. The van der Waals surface area contributed by atoms with E-state index in [4.69, 9.17) is 5.73 Å². The van der Waals surface area contributed by atoms with Crippen LogP contribution in [-0.2, 0) is 12.8 Å². The van der Waals surface area contributed by atoms with Crippen LogP contribution in [0.2, 0.25) is 0 Å². The van der Waals surface area contributed by atoms with E-state index in [0.717, 1.165) is 25.2 Å². The van der Waals surface area contributed by atoms with E-state index in [-0.39, 0.29) is 12.1 Å². The van der Waals surface area contributed by atoms with Crippen LogP contribution < -0.4 is 5.73 Å². The fourth-order valence-electron chi connectivity index (χ4n) is 4.86. The second-order valence-electron chi connectivity index (χ2n) is 8.56. The lowest BCUT2D eigenvalue weighted by Crippen LogP contribution is -2.40. The summed E-state index contributed by atoms with van der Waals surface area (Å²) in [5, 5.41) is 9.56. The molecule has 1 saturated carbocycles. The molecule has 3 rings (SSSR count). The summed E-state index contributed by atoms with van der Waals surface area (Å²) in [6.07, 6.45) is 13.8. The Morgan fingerprint density at radius 3 is 2.76 bits per heavy atom. The quantitative estimate of drug-likeness (QED) is 0.432. The fraction of sp³-hybridized carbons (Fsp3) is 0.727. The third-order valence-electron chi connectivity index (χ3n) is 6.51. The SMILES string of the molecule is CCCCCC[C@@H]1CCc2cc([C@H]3CC[C@](N)(CO)C3)c(I)cc2C1. The van der Waals surface area contributed by atoms with Crippen molar-refractivity contribution in [3.8, 4) is 0 Å². The molecule has 140 valence electrons. The highest BCUT2D eigenvalue weighted by Crippen LogP contribution is 2.42. The minimum atomic E-state index is -0.354. The van der Waals surface area contributed by atoms with Crippen LogP contribution in [0.3, 0.4) is 0 Å². The van der Waals surface area contributed by atoms with Crippen LogP contribution in [0.4, 0.5) is 0 Å². The topological polar surface area (TPSA) is 46.2 Å². The number of hydrogen-bond donors (Lipinski definition) is 2. The van der Waals surface area contributed by atoms with Gasteiger partial charge in [-0.1, -0.05) is 45.1 Å². The van der Waals surface area contributed by atoms with Gasteiger partial charge >= 0.3 is 0 Å². The Hall–Kier alpha value is -0.130. The summed E-state index contributed by atoms with van der Waals surface area (Å²) in [7, 11) is 0. The molecule has 1 aromatic rings. The monoisotopic (exact) mass is 455 g/mol. The molecule has 3 atom stereocenters. The normalized spacial score (nSPS) is 29.0. The maximum atomic E-state index is 9.56. The van der Waals surface area contributed by atoms with Crippen molar-refractivity contribution in [1.29, 1.82) is 0 Å². The minimum absolute atomic E-state index is 0.116. The van der Waals surface area contributed by atoms with Crippen molar-refractivity contribution < 1.29 is 5.11 Å². The molecular formula is C22H34INO. The molecular weight excluding hydrogens is 421 g/mol. The first kappa shape index (κ1) is 19.6. The standard InChI is InChI=1S/C22H34INO/c1-2-3-4-5-6-16-7-8-17-12-20(21(23)13-19(17)11-16)18-9-10-22(24,14-18)15-25/h12-13,16,18,25H,2-11,14-15,24H2,1H3/t16-,18+,22-/m1/s1. The molecule has 1 fully saturated rings. The highest BCUT2D eigenvalue weighted by atomic mass is 127. The lowest BCUT2D eigenvalue weighted by molar-refractivity contribution is 0.198. The molecule has 0 aromatic heterocycles. The van der Waals surface area contributed by atoms with Crippen LogP contribution in [0.25, 0.3) is 0 Å². The van der Waals surface area contributed by atoms with E-state index >= 15 is 0 Å². The number of nitrogens with two attached hydrogens (primary N) is 1. The fourth-order valence-corrected chi connectivity index (χ4v) is 5.83. The van der Waals surface area contributed by atoms with Gasteiger partial charge in [-0.2, -0.15) is 0 Å². The predicted molar refractivity (Wildman–Crippen MR) is 114 cm³/mol. The van der Waals surface area contributed by atoms with E-state index in [1.165, 1.54) is 60.5 Å². The van der Waals surface area contributed by atoms with Crippen LogP contribution in [-0.4, -0.2) is 17.3 Å². The summed E-state index contributed by atoms with van der Waals surface area (Å²) in [5.74, 6) is 1.42. The molecule has 2 aliphatic carbocycles. The highest BCUT2D eigenvalue weighted by Gasteiger charge is 2.36. The molecule has 0 radical (unpaired) electrons. The van der Waals surface area contributed by atoms with Gasteiger partial charge in [-0.3, -0.25) is 0 Å². The summed E-state index contributed by atoms with van der Waals surface area (Å²) >= 11 is 2.52. The summed E-state index contributed by atoms with van der Waals surface area (Å²) < 4.78 is 1.41. The van der Waals surface area contributed by atoms with Gasteiger partial charge in [0.2, 0.25) is 0 Å². The second kappa shape index (κ2) is 8.71. The van der Waals surface area contributed by atoms with E-state index in [2.05, 4.69) is 41.6 Å². The van der Waals surface area contributed by atoms with Gasteiger partial charge in [0, 0.05) is 9.11 Å². The number of fused-ring (bicyclic) bond motifs is 1. The minimum Gasteiger partial charge on any atom is -0.394 e. The Balaban J connectivity index is 1.65. The van der Waals surface area contributed by atoms with Crippen LogP contribution >= 0.6 is 22.6 Å². The lowest BCUT2D eigenvalue weighted by Gasteiger charge is -2.27. The van der Waals surface area contributed by atoms with Crippen LogP contribution in [0.15, 0.2) is 12.1 Å². The molecule has 0 spiro atoms. The molecule has 0 bridgehead atoms. The smallest absolute Gasteiger partial charge is 0.0611 e. The average molecular weight is 455 g/mol. The Morgan fingerprint density at radius 2 is 2.04 bits per heavy atom. The third kappa shape index (κ3) is 4.78. The maximum Gasteiger partial charge on any atom is 0.0611 e. The molecule has 3 heteroatoms. The maximum absolute atomic E-state index is 9.56. The highest BCUT2D eigenvalue weighted by molar-refractivity contribution is 14.1. The number of unbranched alkanes of at least 4 members (excludes halogenated alkanes) is 3. The Labute approximate surface area is 167 Å². The van der Waals surface area contributed by atoms with Crippen molar-refractivity contribution in [3.63, 3.8) is 0 Å². The molecule has 1 aromatic carbocycles. The number of aryl methyl sites for hydroxylation is 1. The van der Waals surface area contributed by atoms with Crippen molar-refractivity contribution in [2.45, 2.75) is 89.0 Å². The summed E-state index contributed by atoms with van der Waals surface area (Å²) in [6.45, 7) is 2.40. The van der Waals surface area contributed by atoms with Gasteiger partial charge in [0.25, 0.3) is 0 Å². The van der Waals surface area contributed by atoms with Crippen molar-refractivity contribution in [3.05, 3.63) is 32.4 Å². The van der Waals surface area contributed by atoms with Gasteiger partial charge in [-0.25, -0.2) is 0 Å². The second-order valence-corrected chi connectivity index (χ2v) is 9.72. The molecule has 0 saturated heterocycles. The van der Waals surface area contributed by atoms with Gasteiger partial charge in [0.05, 0.1) is 6.61 Å². The van der Waals surface area contributed by atoms with Crippen LogP contribution in [0.1, 0.15) is 87.3 Å². The molecule has 0 amide bonds. The molecule has 3 N–H and O–H groups in total. The van der Waals surface area contributed by atoms with E-state index in [9.17, 15) is 5.11 Å². The number of benzene rings is 1. The van der Waals surface area contributed by atoms with Crippen molar-refractivity contribution in [2.24, 2.45) is 11.7 Å². The van der Waals surface area contributed by atoms with Gasteiger partial charge in [0.15, 0.2) is 0 Å². The first-order chi connectivity index (χ1) is 12.0. The van der Waals surface area contributed by atoms with Gasteiger partial charge in [0.1, 0.15) is 0 Å². The van der Waals surface area contributed by atoms with Gasteiger partial charge in [-0.15, -0.1) is 0 Å². The largest absolute Gasteiger partial charge is 0.394 e. The lowest BCUT2D eigenvalue weighted by atomic mass is 9.79. The van der Waals surface area contributed by atoms with Gasteiger partial charge < -0.3 is 10.8 Å². The summed E-state index contributed by atoms with van der Waals surface area (Å²) in [4.78, 5) is 0. The van der Waals surface area contributed by atoms with E-state index in [0.29, 0.717) is 5.92 Å². The first-order valence-corrected chi connectivity index (χ1v) is 11.3. The first-order valence-electron chi connectivity index (χ1n) is 10.3. The molecule has 25 heavy (non-hydrogen) atoms. The van der Waals surface area contributed by atoms with E-state index in [1.807, 2.05) is 0 Å². The zero-order valence-corrected chi connectivity index (χ0v) is 17.9. The summed E-state index contributed by atoms with van der Waals surface area (Å²) in [6, 6.07) is 4.94. The molecule has 0 heterocycles. The number of aliphatic hydroxyl groups excluding tert-OH is 1. The Bertz CT molecular complexity index is 588. The molecule has 0 unspecified atom stereocenters. The van der Waals surface area contributed by atoms with Crippen molar-refractivity contribution in [2.75, 3.05) is 6.61 Å². The van der Waals surface area contributed by atoms with E-state index in [1.54, 1.807) is 11.1 Å². The number of rotatable bonds is 7.